The maximum absolute atomic E-state index is 12.7. The van der Waals surface area contributed by atoms with Crippen LogP contribution in [-0.2, 0) is 0 Å². The van der Waals surface area contributed by atoms with E-state index in [1.54, 1.807) is 0 Å². The van der Waals surface area contributed by atoms with Crippen LogP contribution in [0.5, 0.6) is 0 Å². The molecule has 100 valence electrons. The molecule has 0 radical (unpaired) electrons. The summed E-state index contributed by atoms with van der Waals surface area (Å²) in [6.45, 7) is -1.35. The summed E-state index contributed by atoms with van der Waals surface area (Å²) in [5.74, 6) is -5.21. The second kappa shape index (κ2) is 5.07. The van der Waals surface area contributed by atoms with Gasteiger partial charge in [0.2, 0.25) is 0 Å². The van der Waals surface area contributed by atoms with E-state index in [0.29, 0.717) is 0 Å². The van der Waals surface area contributed by atoms with Crippen molar-refractivity contribution in [1.82, 2.24) is 4.98 Å². The Bertz CT molecular complexity index is 452. The van der Waals surface area contributed by atoms with Crippen LogP contribution in [0.2, 0.25) is 0 Å². The number of amides is 1. The largest absolute Gasteiger partial charge is 0.384 e. The molecule has 18 heavy (non-hydrogen) atoms. The minimum absolute atomic E-state index is 0.0463. The third kappa shape index (κ3) is 3.22. The highest BCUT2D eigenvalue weighted by atomic mass is 19.3. The van der Waals surface area contributed by atoms with Gasteiger partial charge >= 0.3 is 12.3 Å². The molecule has 0 fully saturated rings. The first-order valence-corrected chi connectivity index (χ1v) is 4.69. The molecule has 1 aromatic heterocycles. The summed E-state index contributed by atoms with van der Waals surface area (Å²) in [4.78, 5) is 14.5. The Morgan fingerprint density at radius 3 is 2.61 bits per heavy atom. The smallest absolute Gasteiger partial charge is 0.324 e. The van der Waals surface area contributed by atoms with Crippen molar-refractivity contribution in [2.24, 2.45) is 5.73 Å². The molecule has 0 saturated heterocycles. The SMILES string of the molecule is NC(=O)c1cc(N)ncc1NCC(F)(F)C(F)F. The Kier molecular flexibility index (Phi) is 3.94. The van der Waals surface area contributed by atoms with E-state index < -0.39 is 24.8 Å². The monoisotopic (exact) mass is 266 g/mol. The van der Waals surface area contributed by atoms with Crippen LogP contribution in [0, 0.1) is 0 Å². The Hall–Kier alpha value is -2.06. The zero-order valence-corrected chi connectivity index (χ0v) is 8.96. The molecule has 0 unspecified atom stereocenters. The van der Waals surface area contributed by atoms with Crippen molar-refractivity contribution in [1.29, 1.82) is 0 Å². The Morgan fingerprint density at radius 1 is 1.50 bits per heavy atom. The number of halogens is 4. The molecule has 5 N–H and O–H groups in total. The van der Waals surface area contributed by atoms with Crippen molar-refractivity contribution in [3.63, 3.8) is 0 Å². The second-order valence-electron chi connectivity index (χ2n) is 3.43. The molecule has 9 heteroatoms. The first-order chi connectivity index (χ1) is 8.24. The number of nitrogens with zero attached hydrogens (tertiary/aromatic N) is 1. The number of nitrogens with one attached hydrogen (secondary N) is 1. The quantitative estimate of drug-likeness (QED) is 0.695. The molecule has 0 aliphatic carbocycles. The van der Waals surface area contributed by atoms with Gasteiger partial charge in [-0.2, -0.15) is 8.78 Å². The molecule has 1 rings (SSSR count). The zero-order valence-electron chi connectivity index (χ0n) is 8.96. The Balaban J connectivity index is 2.89. The van der Waals surface area contributed by atoms with Crippen molar-refractivity contribution in [2.45, 2.75) is 12.3 Å². The number of primary amides is 1. The average molecular weight is 266 g/mol. The molecule has 1 heterocycles. The maximum atomic E-state index is 12.7. The molecule has 0 aromatic carbocycles. The summed E-state index contributed by atoms with van der Waals surface area (Å²) in [7, 11) is 0. The van der Waals surface area contributed by atoms with E-state index in [4.69, 9.17) is 11.5 Å². The first kappa shape index (κ1) is 14.0. The van der Waals surface area contributed by atoms with Gasteiger partial charge in [0.1, 0.15) is 5.82 Å². The average Bonchev–Trinajstić information content (AvgIpc) is 2.27. The highest BCUT2D eigenvalue weighted by Gasteiger charge is 2.40. The van der Waals surface area contributed by atoms with Gasteiger partial charge in [0, 0.05) is 0 Å². The fourth-order valence-electron chi connectivity index (χ4n) is 1.11. The van der Waals surface area contributed by atoms with Gasteiger partial charge in [-0.15, -0.1) is 0 Å². The number of rotatable bonds is 5. The van der Waals surface area contributed by atoms with Gasteiger partial charge in [-0.25, -0.2) is 13.8 Å². The molecule has 0 aliphatic heterocycles. The fourth-order valence-corrected chi connectivity index (χ4v) is 1.11. The van der Waals surface area contributed by atoms with Crippen LogP contribution in [0.15, 0.2) is 12.3 Å². The number of nitrogen functional groups attached to an aromatic ring is 1. The van der Waals surface area contributed by atoms with Gasteiger partial charge in [-0.05, 0) is 6.07 Å². The lowest BCUT2D eigenvalue weighted by Crippen LogP contribution is -2.35. The lowest BCUT2D eigenvalue weighted by atomic mass is 10.2. The molecule has 5 nitrogen and oxygen atoms in total. The van der Waals surface area contributed by atoms with Crippen molar-refractivity contribution in [2.75, 3.05) is 17.6 Å². The molecule has 1 amide bonds. The van der Waals surface area contributed by atoms with Crippen LogP contribution < -0.4 is 16.8 Å². The minimum Gasteiger partial charge on any atom is -0.384 e. The third-order valence-corrected chi connectivity index (χ3v) is 2.02. The number of anilines is 2. The van der Waals surface area contributed by atoms with E-state index >= 15 is 0 Å². The van der Waals surface area contributed by atoms with E-state index in [0.717, 1.165) is 12.3 Å². The van der Waals surface area contributed by atoms with Crippen molar-refractivity contribution in [3.05, 3.63) is 17.8 Å². The number of alkyl halides is 4. The molecular formula is C9H10F4N4O. The van der Waals surface area contributed by atoms with Crippen molar-refractivity contribution >= 4 is 17.4 Å². The lowest BCUT2D eigenvalue weighted by molar-refractivity contribution is -0.117. The van der Waals surface area contributed by atoms with Crippen LogP contribution >= 0.6 is 0 Å². The predicted molar refractivity (Wildman–Crippen MR) is 56.6 cm³/mol. The van der Waals surface area contributed by atoms with Crippen LogP contribution in [0.3, 0.4) is 0 Å². The molecule has 1 aromatic rings. The van der Waals surface area contributed by atoms with Crippen LogP contribution in [0.4, 0.5) is 29.1 Å². The number of pyridine rings is 1. The fraction of sp³-hybridized carbons (Fsp3) is 0.333. The number of nitrogens with two attached hydrogens (primary N) is 2. The van der Waals surface area contributed by atoms with E-state index in [-0.39, 0.29) is 17.1 Å². The summed E-state index contributed by atoms with van der Waals surface area (Å²) in [6, 6.07) is 1.06. The summed E-state index contributed by atoms with van der Waals surface area (Å²) in [6.07, 6.45) is -2.85. The number of hydrogen-bond donors (Lipinski definition) is 3. The van der Waals surface area contributed by atoms with Crippen LogP contribution in [0.25, 0.3) is 0 Å². The molecular weight excluding hydrogens is 256 g/mol. The summed E-state index contributed by atoms with van der Waals surface area (Å²) in [5.41, 5.74) is 9.88. The van der Waals surface area contributed by atoms with Gasteiger partial charge in [0.15, 0.2) is 0 Å². The van der Waals surface area contributed by atoms with Gasteiger partial charge in [-0.1, -0.05) is 0 Å². The predicted octanol–water partition coefficient (Wildman–Crippen LogP) is 1.07. The summed E-state index contributed by atoms with van der Waals surface area (Å²) >= 11 is 0. The van der Waals surface area contributed by atoms with Gasteiger partial charge < -0.3 is 16.8 Å². The highest BCUT2D eigenvalue weighted by molar-refractivity contribution is 5.98. The number of carbonyl (C=O) groups is 1. The van der Waals surface area contributed by atoms with Crippen molar-refractivity contribution in [3.8, 4) is 0 Å². The normalized spacial score (nSPS) is 11.6. The second-order valence-corrected chi connectivity index (χ2v) is 3.43. The molecule has 0 bridgehead atoms. The Labute approximate surface area is 99.2 Å². The molecule has 0 spiro atoms. The molecule has 0 aliphatic rings. The van der Waals surface area contributed by atoms with Crippen LogP contribution in [0.1, 0.15) is 10.4 Å². The van der Waals surface area contributed by atoms with Gasteiger partial charge in [-0.3, -0.25) is 4.79 Å². The lowest BCUT2D eigenvalue weighted by Gasteiger charge is -2.17. The topological polar surface area (TPSA) is 94.0 Å². The highest BCUT2D eigenvalue weighted by Crippen LogP contribution is 2.24. The van der Waals surface area contributed by atoms with E-state index in [2.05, 4.69) is 4.98 Å². The van der Waals surface area contributed by atoms with E-state index in [1.165, 1.54) is 0 Å². The van der Waals surface area contributed by atoms with E-state index in [9.17, 15) is 22.4 Å². The maximum Gasteiger partial charge on any atom is 0.324 e. The first-order valence-electron chi connectivity index (χ1n) is 4.69. The Morgan fingerprint density at radius 2 is 2.11 bits per heavy atom. The number of carbonyl (C=O) groups excluding carboxylic acids is 1. The van der Waals surface area contributed by atoms with Gasteiger partial charge in [0.05, 0.1) is 24.0 Å². The standard InChI is InChI=1S/C9H10F4N4O/c10-8(11)9(12,13)3-17-5-2-16-6(14)1-4(5)7(15)18/h1-2,8,17H,3H2,(H2,14,16)(H2,15,18). The molecule has 0 atom stereocenters. The zero-order chi connectivity index (χ0) is 13.9. The van der Waals surface area contributed by atoms with E-state index in [1.807, 2.05) is 5.32 Å². The van der Waals surface area contributed by atoms with Gasteiger partial charge in [0.25, 0.3) is 5.91 Å². The third-order valence-electron chi connectivity index (χ3n) is 2.02. The minimum atomic E-state index is -4.23. The number of hydrogen-bond acceptors (Lipinski definition) is 4. The molecule has 0 saturated carbocycles. The summed E-state index contributed by atoms with van der Waals surface area (Å²) < 4.78 is 49.2. The van der Waals surface area contributed by atoms with Crippen molar-refractivity contribution < 1.29 is 22.4 Å². The summed E-state index contributed by atoms with van der Waals surface area (Å²) in [5, 5.41) is 1.99. The van der Waals surface area contributed by atoms with Crippen LogP contribution in [-0.4, -0.2) is 29.8 Å². The number of aromatic nitrogens is 1.